The molecule has 0 unspecified atom stereocenters. The number of benzene rings is 1. The Morgan fingerprint density at radius 1 is 1.50 bits per heavy atom. The second kappa shape index (κ2) is 5.64. The number of hydrogen-bond acceptors (Lipinski definition) is 5. The van der Waals surface area contributed by atoms with Crippen LogP contribution in [0.4, 0.5) is 9.18 Å². The van der Waals surface area contributed by atoms with Gasteiger partial charge in [0.25, 0.3) is 0 Å². The van der Waals surface area contributed by atoms with E-state index in [1.807, 2.05) is 0 Å². The molecule has 1 aromatic rings. The van der Waals surface area contributed by atoms with Gasteiger partial charge in [-0.1, -0.05) is 0 Å². The van der Waals surface area contributed by atoms with Gasteiger partial charge >= 0.3 is 6.09 Å². The van der Waals surface area contributed by atoms with Crippen LogP contribution in [0.2, 0.25) is 0 Å². The molecule has 0 radical (unpaired) electrons. The summed E-state index contributed by atoms with van der Waals surface area (Å²) in [5, 5.41) is 8.77. The molecule has 2 heterocycles. The lowest BCUT2D eigenvalue weighted by atomic mass is 10.1. The summed E-state index contributed by atoms with van der Waals surface area (Å²) in [5.41, 5.74) is -1.17. The minimum absolute atomic E-state index is 0.0402. The molecule has 128 valence electrons. The van der Waals surface area contributed by atoms with Gasteiger partial charge in [0.15, 0.2) is 0 Å². The molecule has 0 saturated carbocycles. The molecule has 6 nitrogen and oxygen atoms in total. The quantitative estimate of drug-likeness (QED) is 0.777. The van der Waals surface area contributed by atoms with Crippen LogP contribution in [-0.4, -0.2) is 48.0 Å². The predicted molar refractivity (Wildman–Crippen MR) is 82.0 cm³/mol. The first-order valence-corrected chi connectivity index (χ1v) is 7.71. The van der Waals surface area contributed by atoms with Gasteiger partial charge in [0.1, 0.15) is 34.9 Å². The fraction of sp³-hybridized carbons (Fsp3) is 0.529. The molecular weight excluding hydrogens is 315 g/mol. The van der Waals surface area contributed by atoms with Gasteiger partial charge < -0.3 is 19.1 Å². The van der Waals surface area contributed by atoms with Gasteiger partial charge in [0.05, 0.1) is 25.3 Å². The highest BCUT2D eigenvalue weighted by Crippen LogP contribution is 2.40. The van der Waals surface area contributed by atoms with Gasteiger partial charge in [-0.2, -0.15) is 5.26 Å². The highest BCUT2D eigenvalue weighted by Gasteiger charge is 2.60. The number of amides is 1. The smallest absolute Gasteiger partial charge is 0.410 e. The lowest BCUT2D eigenvalue weighted by Gasteiger charge is -2.24. The second-order valence-corrected chi connectivity index (χ2v) is 7.07. The van der Waals surface area contributed by atoms with Crippen LogP contribution in [0, 0.1) is 17.1 Å². The van der Waals surface area contributed by atoms with E-state index in [1.165, 1.54) is 18.2 Å². The zero-order valence-electron chi connectivity index (χ0n) is 13.8. The molecular formula is C17H19FN2O4. The van der Waals surface area contributed by atoms with Crippen LogP contribution in [0.3, 0.4) is 0 Å². The van der Waals surface area contributed by atoms with Gasteiger partial charge in [-0.3, -0.25) is 0 Å². The van der Waals surface area contributed by atoms with Crippen LogP contribution >= 0.6 is 0 Å². The third-order valence-electron chi connectivity index (χ3n) is 3.94. The summed E-state index contributed by atoms with van der Waals surface area (Å²) < 4.78 is 30.4. The average molecular weight is 334 g/mol. The fourth-order valence-corrected chi connectivity index (χ4v) is 2.66. The van der Waals surface area contributed by atoms with Crippen LogP contribution in [0.15, 0.2) is 18.2 Å². The monoisotopic (exact) mass is 334 g/mol. The Morgan fingerprint density at radius 2 is 2.21 bits per heavy atom. The van der Waals surface area contributed by atoms with E-state index in [1.54, 1.807) is 31.7 Å². The van der Waals surface area contributed by atoms with Crippen molar-refractivity contribution in [3.8, 4) is 11.8 Å². The lowest BCUT2D eigenvalue weighted by Crippen LogP contribution is -2.36. The van der Waals surface area contributed by atoms with Crippen LogP contribution < -0.4 is 4.74 Å². The first-order chi connectivity index (χ1) is 11.2. The number of rotatable bonds is 2. The second-order valence-electron chi connectivity index (χ2n) is 7.07. The molecule has 24 heavy (non-hydrogen) atoms. The molecule has 7 heteroatoms. The number of carbonyl (C=O) groups is 1. The van der Waals surface area contributed by atoms with Crippen molar-refractivity contribution in [2.75, 3.05) is 19.7 Å². The molecule has 1 aromatic carbocycles. The SMILES string of the molecule is CC(C)(C)OC(=O)N1C[C@H](Oc2ccc(C#N)c(F)c2)[C@@]2(CO2)C1. The maximum atomic E-state index is 13.7. The number of nitriles is 1. The molecule has 1 amide bonds. The standard InChI is InChI=1S/C17H19FN2O4/c1-16(2,3)24-15(21)20-8-14(17(9-20)10-22-17)23-12-5-4-11(7-19)13(18)6-12/h4-6,14H,8-10H2,1-3H3/t14-,17-/m0/s1. The van der Waals surface area contributed by atoms with E-state index in [4.69, 9.17) is 19.5 Å². The van der Waals surface area contributed by atoms with Gasteiger partial charge in [-0.15, -0.1) is 0 Å². The van der Waals surface area contributed by atoms with Crippen molar-refractivity contribution >= 4 is 6.09 Å². The number of ether oxygens (including phenoxy) is 3. The Labute approximate surface area is 139 Å². The molecule has 2 aliphatic heterocycles. The number of carbonyl (C=O) groups excluding carboxylic acids is 1. The first-order valence-electron chi connectivity index (χ1n) is 7.71. The van der Waals surface area contributed by atoms with E-state index in [-0.39, 0.29) is 5.56 Å². The normalized spacial score (nSPS) is 25.5. The largest absolute Gasteiger partial charge is 0.485 e. The molecule has 0 bridgehead atoms. The molecule has 2 atom stereocenters. The summed E-state index contributed by atoms with van der Waals surface area (Å²) in [5.74, 6) is -0.333. The van der Waals surface area contributed by atoms with Crippen molar-refractivity contribution in [3.63, 3.8) is 0 Å². The van der Waals surface area contributed by atoms with Crippen LogP contribution in [0.1, 0.15) is 26.3 Å². The fourth-order valence-electron chi connectivity index (χ4n) is 2.66. The zero-order valence-corrected chi connectivity index (χ0v) is 13.8. The topological polar surface area (TPSA) is 75.1 Å². The maximum Gasteiger partial charge on any atom is 0.410 e. The summed E-state index contributed by atoms with van der Waals surface area (Å²) in [6.07, 6.45) is -0.827. The van der Waals surface area contributed by atoms with Gasteiger partial charge in [0, 0.05) is 6.07 Å². The predicted octanol–water partition coefficient (Wildman–Crippen LogP) is 2.46. The molecule has 2 saturated heterocycles. The zero-order chi connectivity index (χ0) is 17.5. The molecule has 1 spiro atoms. The number of likely N-dealkylation sites (tertiary alicyclic amines) is 1. The summed E-state index contributed by atoms with van der Waals surface area (Å²) in [6, 6.07) is 5.84. The summed E-state index contributed by atoms with van der Waals surface area (Å²) in [6.45, 7) is 6.57. The van der Waals surface area contributed by atoms with E-state index in [2.05, 4.69) is 0 Å². The van der Waals surface area contributed by atoms with E-state index in [0.717, 1.165) is 0 Å². The van der Waals surface area contributed by atoms with Crippen LogP contribution in [0.25, 0.3) is 0 Å². The Morgan fingerprint density at radius 3 is 2.75 bits per heavy atom. The number of hydrogen-bond donors (Lipinski definition) is 0. The van der Waals surface area contributed by atoms with E-state index in [0.29, 0.717) is 25.4 Å². The Balaban J connectivity index is 1.70. The van der Waals surface area contributed by atoms with E-state index < -0.39 is 29.2 Å². The van der Waals surface area contributed by atoms with Crippen LogP contribution in [-0.2, 0) is 9.47 Å². The van der Waals surface area contributed by atoms with E-state index in [9.17, 15) is 9.18 Å². The van der Waals surface area contributed by atoms with Crippen molar-refractivity contribution in [2.45, 2.75) is 38.1 Å². The molecule has 3 rings (SSSR count). The summed E-state index contributed by atoms with van der Waals surface area (Å²) >= 11 is 0. The van der Waals surface area contributed by atoms with Gasteiger partial charge in [0.2, 0.25) is 0 Å². The van der Waals surface area contributed by atoms with Crippen molar-refractivity contribution in [2.24, 2.45) is 0 Å². The van der Waals surface area contributed by atoms with Crippen molar-refractivity contribution in [1.82, 2.24) is 4.90 Å². The Hall–Kier alpha value is -2.33. The number of epoxide rings is 1. The van der Waals surface area contributed by atoms with Crippen molar-refractivity contribution < 1.29 is 23.4 Å². The van der Waals surface area contributed by atoms with Gasteiger partial charge in [-0.05, 0) is 32.9 Å². The highest BCUT2D eigenvalue weighted by molar-refractivity contribution is 5.69. The minimum Gasteiger partial charge on any atom is -0.485 e. The molecule has 2 fully saturated rings. The maximum absolute atomic E-state index is 13.7. The molecule has 0 aliphatic carbocycles. The number of nitrogens with zero attached hydrogens (tertiary/aromatic N) is 2. The first kappa shape index (κ1) is 16.5. The van der Waals surface area contributed by atoms with E-state index >= 15 is 0 Å². The minimum atomic E-state index is -0.636. The third-order valence-corrected chi connectivity index (χ3v) is 3.94. The Bertz CT molecular complexity index is 704. The lowest BCUT2D eigenvalue weighted by molar-refractivity contribution is 0.0273. The molecule has 2 aliphatic rings. The highest BCUT2D eigenvalue weighted by atomic mass is 19.1. The molecule has 0 N–H and O–H groups in total. The molecule has 0 aromatic heterocycles. The summed E-state index contributed by atoms with van der Waals surface area (Å²) in [7, 11) is 0. The Kier molecular flexibility index (Phi) is 3.88. The van der Waals surface area contributed by atoms with Crippen LogP contribution in [0.5, 0.6) is 5.75 Å². The third kappa shape index (κ3) is 3.29. The van der Waals surface area contributed by atoms with Crippen molar-refractivity contribution in [1.29, 1.82) is 5.26 Å². The number of halogens is 1. The summed E-state index contributed by atoms with van der Waals surface area (Å²) in [4.78, 5) is 13.8. The van der Waals surface area contributed by atoms with Crippen molar-refractivity contribution in [3.05, 3.63) is 29.6 Å². The average Bonchev–Trinajstić information content (AvgIpc) is 3.15. The van der Waals surface area contributed by atoms with Gasteiger partial charge in [-0.25, -0.2) is 9.18 Å².